The summed E-state index contributed by atoms with van der Waals surface area (Å²) in [5.41, 5.74) is 1.55. The summed E-state index contributed by atoms with van der Waals surface area (Å²) in [7, 11) is -4.16. The predicted octanol–water partition coefficient (Wildman–Crippen LogP) is 1.13. The van der Waals surface area contributed by atoms with Gasteiger partial charge in [-0.15, -0.1) is 4.83 Å². The van der Waals surface area contributed by atoms with Gasteiger partial charge in [0, 0.05) is 11.9 Å². The summed E-state index contributed by atoms with van der Waals surface area (Å²) in [6, 6.07) is 10.9. The maximum atomic E-state index is 12.7. The van der Waals surface area contributed by atoms with E-state index in [0.717, 1.165) is 28.9 Å². The average molecular weight is 430 g/mol. The molecule has 0 fully saturated rings. The summed E-state index contributed by atoms with van der Waals surface area (Å²) >= 11 is 0. The molecule has 0 aliphatic rings. The molecule has 0 aliphatic heterocycles. The fourth-order valence-corrected chi connectivity index (χ4v) is 3.61. The van der Waals surface area contributed by atoms with Crippen LogP contribution in [0.1, 0.15) is 34.2 Å². The van der Waals surface area contributed by atoms with E-state index in [1.54, 1.807) is 24.3 Å². The predicted molar refractivity (Wildman–Crippen MR) is 107 cm³/mol. The Balaban J connectivity index is 1.89. The highest BCUT2D eigenvalue weighted by Gasteiger charge is 2.20. The number of hydrazine groups is 1. The van der Waals surface area contributed by atoms with Crippen LogP contribution in [0.4, 0.5) is 0 Å². The van der Waals surface area contributed by atoms with Gasteiger partial charge in [0.15, 0.2) is 5.69 Å². The van der Waals surface area contributed by atoms with E-state index in [0.29, 0.717) is 18.4 Å². The van der Waals surface area contributed by atoms with Crippen LogP contribution in [0.25, 0.3) is 10.8 Å². The molecule has 3 rings (SSSR count). The topological polar surface area (TPSA) is 147 Å². The number of sulfonamides is 1. The van der Waals surface area contributed by atoms with Gasteiger partial charge in [-0.3, -0.25) is 15.0 Å². The molecule has 3 N–H and O–H groups in total. The molecule has 2 aromatic carbocycles. The molecule has 3 aromatic rings. The van der Waals surface area contributed by atoms with E-state index in [4.69, 9.17) is 5.11 Å². The zero-order chi connectivity index (χ0) is 21.9. The number of aromatic carboxylic acids is 1. The van der Waals surface area contributed by atoms with E-state index < -0.39 is 21.9 Å². The summed E-state index contributed by atoms with van der Waals surface area (Å²) < 4.78 is 25.9. The van der Waals surface area contributed by atoms with Gasteiger partial charge in [0.25, 0.3) is 21.5 Å². The maximum Gasteiger partial charge on any atom is 0.335 e. The number of nitrogens with one attached hydrogen (secondary N) is 2. The van der Waals surface area contributed by atoms with E-state index in [-0.39, 0.29) is 27.1 Å². The molecule has 0 saturated carbocycles. The van der Waals surface area contributed by atoms with Crippen LogP contribution in [0.3, 0.4) is 0 Å². The lowest BCUT2D eigenvalue weighted by Crippen LogP contribution is -2.42. The first-order chi connectivity index (χ1) is 14.2. The molecule has 0 saturated heterocycles. The van der Waals surface area contributed by atoms with Crippen molar-refractivity contribution in [2.24, 2.45) is 0 Å². The van der Waals surface area contributed by atoms with E-state index >= 15 is 0 Å². The lowest BCUT2D eigenvalue weighted by atomic mass is 10.1. The standard InChI is InChI=1S/C19H18N4O6S/c1-2-11-23-18(25)15-6-4-3-5-14(15)16(21-23)17(24)20-22-30(28,29)13-9-7-12(8-10-13)19(26)27/h3-10,22H,2,11H2,1H3,(H,20,24)(H,26,27). The van der Waals surface area contributed by atoms with Crippen LogP contribution < -0.4 is 15.8 Å². The molecule has 0 unspecified atom stereocenters. The number of hydrogen-bond acceptors (Lipinski definition) is 6. The van der Waals surface area contributed by atoms with Gasteiger partial charge < -0.3 is 5.11 Å². The van der Waals surface area contributed by atoms with Crippen molar-refractivity contribution in [2.75, 3.05) is 0 Å². The highest BCUT2D eigenvalue weighted by Crippen LogP contribution is 2.14. The van der Waals surface area contributed by atoms with Crippen LogP contribution in [0.5, 0.6) is 0 Å². The van der Waals surface area contributed by atoms with Crippen molar-refractivity contribution in [3.8, 4) is 0 Å². The Bertz CT molecular complexity index is 1280. The number of aryl methyl sites for hydroxylation is 1. The van der Waals surface area contributed by atoms with E-state index in [1.165, 1.54) is 0 Å². The smallest absolute Gasteiger partial charge is 0.335 e. The number of carbonyl (C=O) groups is 2. The molecule has 0 atom stereocenters. The molecule has 11 heteroatoms. The van der Waals surface area contributed by atoms with Gasteiger partial charge in [-0.05, 0) is 36.8 Å². The summed E-state index contributed by atoms with van der Waals surface area (Å²) in [5.74, 6) is -2.04. The molecule has 0 bridgehead atoms. The zero-order valence-electron chi connectivity index (χ0n) is 15.8. The van der Waals surface area contributed by atoms with Crippen LogP contribution in [-0.4, -0.2) is 35.2 Å². The van der Waals surface area contributed by atoms with Crippen LogP contribution in [0, 0.1) is 0 Å². The third-order valence-corrected chi connectivity index (χ3v) is 5.49. The number of carboxylic acid groups (broad SMARTS) is 1. The lowest BCUT2D eigenvalue weighted by molar-refractivity contribution is 0.0696. The second kappa shape index (κ2) is 8.43. The van der Waals surface area contributed by atoms with Gasteiger partial charge in [-0.25, -0.2) is 17.9 Å². The maximum absolute atomic E-state index is 12.7. The Morgan fingerprint density at radius 2 is 1.70 bits per heavy atom. The van der Waals surface area contributed by atoms with Crippen molar-refractivity contribution in [3.63, 3.8) is 0 Å². The highest BCUT2D eigenvalue weighted by atomic mass is 32.2. The second-order valence-electron chi connectivity index (χ2n) is 6.31. The Morgan fingerprint density at radius 3 is 2.30 bits per heavy atom. The molecular weight excluding hydrogens is 412 g/mol. The van der Waals surface area contributed by atoms with E-state index in [1.807, 2.05) is 11.8 Å². The summed E-state index contributed by atoms with van der Waals surface area (Å²) in [6.45, 7) is 2.15. The third-order valence-electron chi connectivity index (χ3n) is 4.23. The van der Waals surface area contributed by atoms with Crippen LogP contribution in [-0.2, 0) is 16.6 Å². The first-order valence-corrected chi connectivity index (χ1v) is 10.4. The summed E-state index contributed by atoms with van der Waals surface area (Å²) in [6.07, 6.45) is 0.616. The number of benzene rings is 2. The first-order valence-electron chi connectivity index (χ1n) is 8.90. The minimum atomic E-state index is -4.16. The molecule has 1 aromatic heterocycles. The molecule has 10 nitrogen and oxygen atoms in total. The van der Waals surface area contributed by atoms with Crippen LogP contribution in [0.2, 0.25) is 0 Å². The number of nitrogens with zero attached hydrogens (tertiary/aromatic N) is 2. The summed E-state index contributed by atoms with van der Waals surface area (Å²) in [5, 5.41) is 13.6. The SMILES string of the molecule is CCCn1nc(C(=O)NNS(=O)(=O)c2ccc(C(=O)O)cc2)c2ccccc2c1=O. The van der Waals surface area contributed by atoms with Gasteiger partial charge >= 0.3 is 5.97 Å². The highest BCUT2D eigenvalue weighted by molar-refractivity contribution is 7.89. The Kier molecular flexibility index (Phi) is 5.94. The number of aromatic nitrogens is 2. The molecule has 1 amide bonds. The largest absolute Gasteiger partial charge is 0.478 e. The minimum absolute atomic E-state index is 0.0770. The molecule has 30 heavy (non-hydrogen) atoms. The lowest BCUT2D eigenvalue weighted by Gasteiger charge is -2.12. The number of carboxylic acids is 1. The Hall–Kier alpha value is -3.57. The van der Waals surface area contributed by atoms with Crippen molar-refractivity contribution in [3.05, 3.63) is 70.1 Å². The van der Waals surface area contributed by atoms with Crippen molar-refractivity contribution >= 4 is 32.7 Å². The molecule has 156 valence electrons. The second-order valence-corrected chi connectivity index (χ2v) is 7.99. The fraction of sp³-hybridized carbons (Fsp3) is 0.158. The summed E-state index contributed by atoms with van der Waals surface area (Å²) in [4.78, 5) is 37.7. The first kappa shape index (κ1) is 21.1. The molecule has 0 aliphatic carbocycles. The van der Waals surface area contributed by atoms with Crippen molar-refractivity contribution in [2.45, 2.75) is 24.8 Å². The average Bonchev–Trinajstić information content (AvgIpc) is 2.74. The normalized spacial score (nSPS) is 11.4. The van der Waals surface area contributed by atoms with E-state index in [2.05, 4.69) is 10.5 Å². The third kappa shape index (κ3) is 4.21. The number of fused-ring (bicyclic) bond motifs is 1. The van der Waals surface area contributed by atoms with Gasteiger partial charge in [0.05, 0.1) is 15.8 Å². The van der Waals surface area contributed by atoms with E-state index in [9.17, 15) is 22.8 Å². The fourth-order valence-electron chi connectivity index (χ4n) is 2.77. The van der Waals surface area contributed by atoms with Crippen molar-refractivity contribution < 1.29 is 23.1 Å². The molecule has 0 spiro atoms. The molecular formula is C19H18N4O6S. The van der Waals surface area contributed by atoms with Crippen molar-refractivity contribution in [1.82, 2.24) is 20.0 Å². The van der Waals surface area contributed by atoms with Crippen LogP contribution >= 0.6 is 0 Å². The van der Waals surface area contributed by atoms with Gasteiger partial charge in [0.2, 0.25) is 0 Å². The number of hydrogen-bond donors (Lipinski definition) is 3. The van der Waals surface area contributed by atoms with Gasteiger partial charge in [-0.2, -0.15) is 5.10 Å². The minimum Gasteiger partial charge on any atom is -0.478 e. The van der Waals surface area contributed by atoms with Gasteiger partial charge in [0.1, 0.15) is 0 Å². The Morgan fingerprint density at radius 1 is 1.07 bits per heavy atom. The number of amides is 1. The monoisotopic (exact) mass is 430 g/mol. The molecule has 1 heterocycles. The number of rotatable bonds is 7. The quantitative estimate of drug-likeness (QED) is 0.476. The molecule has 0 radical (unpaired) electrons. The zero-order valence-corrected chi connectivity index (χ0v) is 16.6. The van der Waals surface area contributed by atoms with Gasteiger partial charge in [-0.1, -0.05) is 25.1 Å². The van der Waals surface area contributed by atoms with Crippen molar-refractivity contribution in [1.29, 1.82) is 0 Å². The number of carbonyl (C=O) groups excluding carboxylic acids is 1. The Labute approximate surface area is 171 Å². The van der Waals surface area contributed by atoms with Crippen LogP contribution in [0.15, 0.2) is 58.2 Å².